The fourth-order valence-corrected chi connectivity index (χ4v) is 2.60. The number of aromatic nitrogens is 2. The summed E-state index contributed by atoms with van der Waals surface area (Å²) in [4.78, 5) is 18.5. The lowest BCUT2D eigenvalue weighted by molar-refractivity contribution is -0.132. The molecule has 2 aromatic rings. The van der Waals surface area contributed by atoms with Gasteiger partial charge in [-0.1, -0.05) is 6.92 Å². The third kappa shape index (κ3) is 4.71. The maximum atomic E-state index is 12.1. The Hall–Kier alpha value is -2.08. The van der Waals surface area contributed by atoms with Crippen molar-refractivity contribution in [1.82, 2.24) is 19.6 Å². The van der Waals surface area contributed by atoms with E-state index in [2.05, 4.69) is 17.2 Å². The van der Waals surface area contributed by atoms with E-state index < -0.39 is 0 Å². The Labute approximate surface area is 143 Å². The molecule has 0 aliphatic heterocycles. The van der Waals surface area contributed by atoms with Crippen molar-refractivity contribution in [2.24, 2.45) is 0 Å². The number of carbonyl (C=O) groups excluding carboxylic acids is 1. The van der Waals surface area contributed by atoms with Crippen LogP contribution in [-0.4, -0.2) is 53.0 Å². The third-order valence-corrected chi connectivity index (χ3v) is 3.95. The topological polar surface area (TPSA) is 58.9 Å². The lowest BCUT2D eigenvalue weighted by Gasteiger charge is -2.18. The summed E-state index contributed by atoms with van der Waals surface area (Å²) in [5.41, 5.74) is 1.78. The molecule has 6 heteroatoms. The molecule has 2 heterocycles. The van der Waals surface area contributed by atoms with Crippen LogP contribution in [0, 0.1) is 0 Å². The number of nitrogens with zero attached hydrogens (tertiary/aromatic N) is 3. The van der Waals surface area contributed by atoms with Gasteiger partial charge in [0.25, 0.3) is 5.91 Å². The molecule has 0 atom stereocenters. The van der Waals surface area contributed by atoms with Crippen molar-refractivity contribution in [3.63, 3.8) is 0 Å². The molecule has 0 saturated heterocycles. The van der Waals surface area contributed by atoms with Crippen molar-refractivity contribution in [3.05, 3.63) is 30.2 Å². The summed E-state index contributed by atoms with van der Waals surface area (Å²) in [5, 5.41) is 3.38. The smallest absolute Gasteiger partial charge is 0.260 e. The van der Waals surface area contributed by atoms with Crippen LogP contribution in [0.15, 0.2) is 24.5 Å². The Morgan fingerprint density at radius 3 is 2.79 bits per heavy atom. The van der Waals surface area contributed by atoms with E-state index in [0.717, 1.165) is 37.3 Å². The molecule has 6 nitrogen and oxygen atoms in total. The van der Waals surface area contributed by atoms with Gasteiger partial charge in [-0.25, -0.2) is 4.98 Å². The highest BCUT2D eigenvalue weighted by Crippen LogP contribution is 2.19. The molecular formula is C18H28N4O2. The molecule has 0 unspecified atom stereocenters. The summed E-state index contributed by atoms with van der Waals surface area (Å²) in [6.45, 7) is 9.46. The number of nitrogens with one attached hydrogen (secondary N) is 1. The second-order valence-electron chi connectivity index (χ2n) is 5.69. The second kappa shape index (κ2) is 9.27. The Bertz CT molecular complexity index is 650. The Kier molecular flexibility index (Phi) is 7.06. The van der Waals surface area contributed by atoms with Crippen LogP contribution in [0.3, 0.4) is 0 Å². The monoisotopic (exact) mass is 332 g/mol. The van der Waals surface area contributed by atoms with Gasteiger partial charge < -0.3 is 19.4 Å². The molecule has 0 aromatic carbocycles. The van der Waals surface area contributed by atoms with Crippen LogP contribution in [-0.2, 0) is 11.2 Å². The largest absolute Gasteiger partial charge is 0.480 e. The summed E-state index contributed by atoms with van der Waals surface area (Å²) in [6, 6.07) is 3.77. The van der Waals surface area contributed by atoms with E-state index in [-0.39, 0.29) is 12.5 Å². The number of pyridine rings is 1. The first kappa shape index (κ1) is 18.3. The second-order valence-corrected chi connectivity index (χ2v) is 5.69. The maximum Gasteiger partial charge on any atom is 0.260 e. The van der Waals surface area contributed by atoms with E-state index in [0.29, 0.717) is 18.8 Å². The third-order valence-electron chi connectivity index (χ3n) is 3.95. The van der Waals surface area contributed by atoms with E-state index >= 15 is 0 Å². The SMILES string of the molecule is CCCNCCc1cn2cccc(OCC(=O)N(CC)CC)c2n1. The van der Waals surface area contributed by atoms with Crippen molar-refractivity contribution >= 4 is 11.6 Å². The molecule has 0 saturated carbocycles. The molecule has 24 heavy (non-hydrogen) atoms. The van der Waals surface area contributed by atoms with Gasteiger partial charge in [0, 0.05) is 38.4 Å². The van der Waals surface area contributed by atoms with Crippen LogP contribution >= 0.6 is 0 Å². The highest BCUT2D eigenvalue weighted by atomic mass is 16.5. The first-order valence-electron chi connectivity index (χ1n) is 8.77. The van der Waals surface area contributed by atoms with E-state index in [1.807, 2.05) is 42.8 Å². The number of carbonyl (C=O) groups is 1. The van der Waals surface area contributed by atoms with Gasteiger partial charge in [0.05, 0.1) is 5.69 Å². The standard InChI is InChI=1S/C18H28N4O2/c1-4-10-19-11-9-15-13-22-12-7-8-16(18(22)20-15)24-14-17(23)21(5-2)6-3/h7-8,12-13,19H,4-6,9-11,14H2,1-3H3. The number of hydrogen-bond donors (Lipinski definition) is 1. The zero-order valence-corrected chi connectivity index (χ0v) is 14.9. The molecule has 1 N–H and O–H groups in total. The van der Waals surface area contributed by atoms with Crippen molar-refractivity contribution in [2.45, 2.75) is 33.6 Å². The van der Waals surface area contributed by atoms with Gasteiger partial charge in [-0.05, 0) is 38.9 Å². The minimum absolute atomic E-state index is 0.00227. The van der Waals surface area contributed by atoms with Crippen molar-refractivity contribution in [2.75, 3.05) is 32.8 Å². The summed E-state index contributed by atoms with van der Waals surface area (Å²) in [7, 11) is 0. The highest BCUT2D eigenvalue weighted by Gasteiger charge is 2.12. The summed E-state index contributed by atoms with van der Waals surface area (Å²) < 4.78 is 7.68. The predicted molar refractivity (Wildman–Crippen MR) is 95.5 cm³/mol. The van der Waals surface area contributed by atoms with Gasteiger partial charge in [-0.2, -0.15) is 0 Å². The van der Waals surface area contributed by atoms with Gasteiger partial charge in [0.1, 0.15) is 0 Å². The molecule has 0 bridgehead atoms. The van der Waals surface area contributed by atoms with Gasteiger partial charge >= 0.3 is 0 Å². The summed E-state index contributed by atoms with van der Waals surface area (Å²) in [5.74, 6) is 0.642. The first-order chi connectivity index (χ1) is 11.7. The first-order valence-corrected chi connectivity index (χ1v) is 8.77. The van der Waals surface area contributed by atoms with Gasteiger partial charge in [0.2, 0.25) is 0 Å². The number of amides is 1. The number of rotatable bonds is 10. The van der Waals surface area contributed by atoms with Crippen molar-refractivity contribution in [1.29, 1.82) is 0 Å². The van der Waals surface area contributed by atoms with E-state index in [1.165, 1.54) is 0 Å². The van der Waals surface area contributed by atoms with E-state index in [1.54, 1.807) is 4.90 Å². The molecular weight excluding hydrogens is 304 g/mol. The van der Waals surface area contributed by atoms with Crippen LogP contribution in [0.2, 0.25) is 0 Å². The zero-order chi connectivity index (χ0) is 17.4. The maximum absolute atomic E-state index is 12.1. The number of fused-ring (bicyclic) bond motifs is 1. The zero-order valence-electron chi connectivity index (χ0n) is 14.9. The average molecular weight is 332 g/mol. The molecule has 0 fully saturated rings. The van der Waals surface area contributed by atoms with Crippen LogP contribution < -0.4 is 10.1 Å². The molecule has 0 aliphatic carbocycles. The fraction of sp³-hybridized carbons (Fsp3) is 0.556. The molecule has 132 valence electrons. The normalized spacial score (nSPS) is 11.0. The Morgan fingerprint density at radius 2 is 2.08 bits per heavy atom. The molecule has 2 aromatic heterocycles. The molecule has 1 amide bonds. The average Bonchev–Trinajstić information content (AvgIpc) is 3.01. The number of hydrogen-bond acceptors (Lipinski definition) is 4. The lowest BCUT2D eigenvalue weighted by Crippen LogP contribution is -2.34. The lowest BCUT2D eigenvalue weighted by atomic mass is 10.3. The minimum atomic E-state index is -0.00227. The van der Waals surface area contributed by atoms with E-state index in [9.17, 15) is 4.79 Å². The number of likely N-dealkylation sites (N-methyl/N-ethyl adjacent to an activating group) is 1. The van der Waals surface area contributed by atoms with Crippen LogP contribution in [0.4, 0.5) is 0 Å². The quantitative estimate of drug-likeness (QED) is 0.677. The van der Waals surface area contributed by atoms with E-state index in [4.69, 9.17) is 4.74 Å². The van der Waals surface area contributed by atoms with Gasteiger partial charge in [-0.3, -0.25) is 4.79 Å². The van der Waals surface area contributed by atoms with Crippen molar-refractivity contribution in [3.8, 4) is 5.75 Å². The number of imidazole rings is 1. The minimum Gasteiger partial charge on any atom is -0.480 e. The van der Waals surface area contributed by atoms with Crippen LogP contribution in [0.25, 0.3) is 5.65 Å². The summed E-state index contributed by atoms with van der Waals surface area (Å²) in [6.07, 6.45) is 5.97. The van der Waals surface area contributed by atoms with Gasteiger partial charge in [0.15, 0.2) is 18.0 Å². The highest BCUT2D eigenvalue weighted by molar-refractivity contribution is 5.78. The van der Waals surface area contributed by atoms with Crippen LogP contribution in [0.1, 0.15) is 32.9 Å². The predicted octanol–water partition coefficient (Wildman–Crippen LogP) is 2.12. The van der Waals surface area contributed by atoms with Crippen molar-refractivity contribution < 1.29 is 9.53 Å². The van der Waals surface area contributed by atoms with Gasteiger partial charge in [-0.15, -0.1) is 0 Å². The molecule has 2 rings (SSSR count). The summed E-state index contributed by atoms with van der Waals surface area (Å²) >= 11 is 0. The van der Waals surface area contributed by atoms with Crippen LogP contribution in [0.5, 0.6) is 5.75 Å². The fourth-order valence-electron chi connectivity index (χ4n) is 2.60. The molecule has 0 aliphatic rings. The number of ether oxygens (including phenoxy) is 1. The molecule has 0 spiro atoms. The Morgan fingerprint density at radius 1 is 1.29 bits per heavy atom. The molecule has 0 radical (unpaired) electrons. The Balaban J connectivity index is 2.02.